The predicted molar refractivity (Wildman–Crippen MR) is 93.5 cm³/mol. The second-order valence-corrected chi connectivity index (χ2v) is 7.92. The molecule has 134 valence electrons. The van der Waals surface area contributed by atoms with Gasteiger partial charge in [-0.25, -0.2) is 4.79 Å². The standard InChI is InChI=1S/C19H35NO3/c1-6-7-8-9-10-11-12-16-13-20(14-17(16)15(2)21)18(22)23-19(3,4)5/h16-17H,6-14H2,1-5H3/t16-,17+/m1/s1. The van der Waals surface area contributed by atoms with Gasteiger partial charge >= 0.3 is 6.09 Å². The quantitative estimate of drug-likeness (QED) is 0.602. The summed E-state index contributed by atoms with van der Waals surface area (Å²) in [5, 5.41) is 0. The van der Waals surface area contributed by atoms with Crippen LogP contribution in [0.3, 0.4) is 0 Å². The zero-order chi connectivity index (χ0) is 17.5. The van der Waals surface area contributed by atoms with Gasteiger partial charge in [0, 0.05) is 19.0 Å². The van der Waals surface area contributed by atoms with Crippen LogP contribution in [0.2, 0.25) is 0 Å². The van der Waals surface area contributed by atoms with Gasteiger partial charge in [0.2, 0.25) is 0 Å². The van der Waals surface area contributed by atoms with Crippen molar-refractivity contribution in [3.05, 3.63) is 0 Å². The summed E-state index contributed by atoms with van der Waals surface area (Å²) in [6.45, 7) is 10.7. The van der Waals surface area contributed by atoms with E-state index in [2.05, 4.69) is 6.92 Å². The number of ether oxygens (including phenoxy) is 1. The molecule has 0 aromatic carbocycles. The van der Waals surface area contributed by atoms with Crippen molar-refractivity contribution in [3.63, 3.8) is 0 Å². The minimum absolute atomic E-state index is 0.0156. The Balaban J connectivity index is 2.45. The molecule has 0 aliphatic carbocycles. The molecule has 1 aliphatic heterocycles. The molecule has 0 radical (unpaired) electrons. The highest BCUT2D eigenvalue weighted by molar-refractivity contribution is 5.80. The molecule has 0 N–H and O–H groups in total. The third-order valence-electron chi connectivity index (χ3n) is 4.54. The number of unbranched alkanes of at least 4 members (excludes halogenated alkanes) is 5. The zero-order valence-corrected chi connectivity index (χ0v) is 15.7. The van der Waals surface area contributed by atoms with Crippen LogP contribution in [0.4, 0.5) is 4.79 Å². The molecule has 0 spiro atoms. The molecular weight excluding hydrogens is 290 g/mol. The number of carbonyl (C=O) groups excluding carboxylic acids is 2. The molecule has 0 bridgehead atoms. The predicted octanol–water partition coefficient (Wildman–Crippen LogP) is 4.81. The van der Waals surface area contributed by atoms with E-state index >= 15 is 0 Å². The molecule has 1 aliphatic rings. The Morgan fingerprint density at radius 3 is 2.22 bits per heavy atom. The van der Waals surface area contributed by atoms with Crippen LogP contribution in [-0.4, -0.2) is 35.5 Å². The van der Waals surface area contributed by atoms with E-state index in [0.717, 1.165) is 12.8 Å². The van der Waals surface area contributed by atoms with Crippen LogP contribution in [-0.2, 0) is 9.53 Å². The van der Waals surface area contributed by atoms with Gasteiger partial charge in [-0.1, -0.05) is 45.4 Å². The minimum atomic E-state index is -0.486. The van der Waals surface area contributed by atoms with Crippen molar-refractivity contribution >= 4 is 11.9 Å². The lowest BCUT2D eigenvalue weighted by Gasteiger charge is -2.24. The van der Waals surface area contributed by atoms with Gasteiger partial charge < -0.3 is 9.64 Å². The lowest BCUT2D eigenvalue weighted by Crippen LogP contribution is -2.35. The van der Waals surface area contributed by atoms with Crippen molar-refractivity contribution in [2.45, 2.75) is 85.2 Å². The number of likely N-dealkylation sites (tertiary alicyclic amines) is 1. The normalized spacial score (nSPS) is 21.5. The highest BCUT2D eigenvalue weighted by Gasteiger charge is 2.38. The van der Waals surface area contributed by atoms with Crippen molar-refractivity contribution < 1.29 is 14.3 Å². The first-order valence-electron chi connectivity index (χ1n) is 9.23. The molecule has 1 fully saturated rings. The van der Waals surface area contributed by atoms with Crippen LogP contribution in [0.15, 0.2) is 0 Å². The Bertz CT molecular complexity index is 387. The van der Waals surface area contributed by atoms with Crippen LogP contribution in [0.1, 0.15) is 79.6 Å². The summed E-state index contributed by atoms with van der Waals surface area (Å²) < 4.78 is 5.44. The summed E-state index contributed by atoms with van der Waals surface area (Å²) in [7, 11) is 0. The Labute approximate surface area is 141 Å². The highest BCUT2D eigenvalue weighted by atomic mass is 16.6. The summed E-state index contributed by atoms with van der Waals surface area (Å²) in [5.41, 5.74) is -0.486. The molecule has 1 saturated heterocycles. The second-order valence-electron chi connectivity index (χ2n) is 7.92. The molecule has 0 aromatic rings. The van der Waals surface area contributed by atoms with Gasteiger partial charge in [-0.2, -0.15) is 0 Å². The molecule has 2 atom stereocenters. The van der Waals surface area contributed by atoms with Gasteiger partial charge in [0.15, 0.2) is 0 Å². The number of rotatable bonds is 8. The van der Waals surface area contributed by atoms with Gasteiger partial charge in [0.25, 0.3) is 0 Å². The number of amides is 1. The van der Waals surface area contributed by atoms with Crippen molar-refractivity contribution in [1.82, 2.24) is 4.90 Å². The molecule has 0 unspecified atom stereocenters. The molecule has 1 rings (SSSR count). The molecular formula is C19H35NO3. The number of ketones is 1. The van der Waals surface area contributed by atoms with Gasteiger partial charge in [-0.3, -0.25) is 4.79 Å². The van der Waals surface area contributed by atoms with E-state index in [9.17, 15) is 9.59 Å². The molecule has 1 heterocycles. The van der Waals surface area contributed by atoms with E-state index in [1.807, 2.05) is 20.8 Å². The Morgan fingerprint density at radius 1 is 1.04 bits per heavy atom. The number of nitrogens with zero attached hydrogens (tertiary/aromatic N) is 1. The first-order chi connectivity index (χ1) is 10.7. The first kappa shape index (κ1) is 20.0. The van der Waals surface area contributed by atoms with E-state index in [0.29, 0.717) is 19.0 Å². The van der Waals surface area contributed by atoms with Crippen LogP contribution in [0.25, 0.3) is 0 Å². The number of hydrogen-bond acceptors (Lipinski definition) is 3. The van der Waals surface area contributed by atoms with E-state index < -0.39 is 5.60 Å². The molecule has 0 aromatic heterocycles. The maximum Gasteiger partial charge on any atom is 0.410 e. The Morgan fingerprint density at radius 2 is 1.65 bits per heavy atom. The maximum atomic E-state index is 12.2. The number of Topliss-reactive ketones (excluding diaryl/α,β-unsaturated/α-hetero) is 1. The first-order valence-corrected chi connectivity index (χ1v) is 9.23. The van der Waals surface area contributed by atoms with E-state index in [1.165, 1.54) is 32.1 Å². The molecule has 1 amide bonds. The maximum absolute atomic E-state index is 12.2. The summed E-state index contributed by atoms with van der Waals surface area (Å²) in [4.78, 5) is 25.8. The number of carbonyl (C=O) groups is 2. The van der Waals surface area contributed by atoms with Crippen LogP contribution in [0, 0.1) is 11.8 Å². The molecule has 23 heavy (non-hydrogen) atoms. The van der Waals surface area contributed by atoms with Crippen LogP contribution < -0.4 is 0 Å². The Kier molecular flexibility index (Phi) is 8.07. The molecule has 4 heteroatoms. The average Bonchev–Trinajstić information content (AvgIpc) is 2.85. The van der Waals surface area contributed by atoms with Crippen LogP contribution >= 0.6 is 0 Å². The SMILES string of the molecule is CCCCCCCC[C@@H]1CN(C(=O)OC(C)(C)C)C[C@H]1C(C)=O. The van der Waals surface area contributed by atoms with Gasteiger partial charge in [-0.05, 0) is 40.0 Å². The minimum Gasteiger partial charge on any atom is -0.444 e. The van der Waals surface area contributed by atoms with E-state index in [4.69, 9.17) is 4.74 Å². The van der Waals surface area contributed by atoms with Crippen molar-refractivity contribution in [2.24, 2.45) is 11.8 Å². The molecule has 4 nitrogen and oxygen atoms in total. The fourth-order valence-electron chi connectivity index (χ4n) is 3.29. The van der Waals surface area contributed by atoms with Gasteiger partial charge in [0.05, 0.1) is 0 Å². The third kappa shape index (κ3) is 7.36. The number of hydrogen-bond donors (Lipinski definition) is 0. The van der Waals surface area contributed by atoms with Crippen molar-refractivity contribution in [3.8, 4) is 0 Å². The lowest BCUT2D eigenvalue weighted by molar-refractivity contribution is -0.121. The second kappa shape index (κ2) is 9.29. The third-order valence-corrected chi connectivity index (χ3v) is 4.54. The Hall–Kier alpha value is -1.06. The molecule has 0 saturated carbocycles. The zero-order valence-electron chi connectivity index (χ0n) is 15.7. The highest BCUT2D eigenvalue weighted by Crippen LogP contribution is 2.30. The average molecular weight is 325 g/mol. The monoisotopic (exact) mass is 325 g/mol. The fraction of sp³-hybridized carbons (Fsp3) is 0.895. The van der Waals surface area contributed by atoms with Gasteiger partial charge in [-0.15, -0.1) is 0 Å². The summed E-state index contributed by atoms with van der Waals surface area (Å²) >= 11 is 0. The largest absolute Gasteiger partial charge is 0.444 e. The van der Waals surface area contributed by atoms with E-state index in [-0.39, 0.29) is 17.8 Å². The fourth-order valence-corrected chi connectivity index (χ4v) is 3.29. The van der Waals surface area contributed by atoms with E-state index in [1.54, 1.807) is 11.8 Å². The summed E-state index contributed by atoms with van der Waals surface area (Å²) in [6, 6.07) is 0. The van der Waals surface area contributed by atoms with Crippen molar-refractivity contribution in [1.29, 1.82) is 0 Å². The van der Waals surface area contributed by atoms with Gasteiger partial charge in [0.1, 0.15) is 11.4 Å². The summed E-state index contributed by atoms with van der Waals surface area (Å²) in [6.07, 6.45) is 8.30. The summed E-state index contributed by atoms with van der Waals surface area (Å²) in [5.74, 6) is 0.483. The van der Waals surface area contributed by atoms with Crippen molar-refractivity contribution in [2.75, 3.05) is 13.1 Å². The topological polar surface area (TPSA) is 46.6 Å². The lowest BCUT2D eigenvalue weighted by atomic mass is 9.88. The smallest absolute Gasteiger partial charge is 0.410 e. The van der Waals surface area contributed by atoms with Crippen LogP contribution in [0.5, 0.6) is 0 Å².